The van der Waals surface area contributed by atoms with Crippen LogP contribution in [0.5, 0.6) is 0 Å². The van der Waals surface area contributed by atoms with Crippen molar-refractivity contribution in [3.63, 3.8) is 0 Å². The van der Waals surface area contributed by atoms with Crippen LogP contribution in [0, 0.1) is 5.41 Å². The minimum absolute atomic E-state index is 0.281. The third-order valence-corrected chi connectivity index (χ3v) is 1.99. The topological polar surface area (TPSA) is 62.2 Å². The van der Waals surface area contributed by atoms with Gasteiger partial charge >= 0.3 is 0 Å². The van der Waals surface area contributed by atoms with E-state index in [1.54, 1.807) is 18.2 Å². The van der Waals surface area contributed by atoms with Crippen molar-refractivity contribution in [1.29, 1.82) is 5.41 Å². The van der Waals surface area contributed by atoms with Gasteiger partial charge in [0.2, 0.25) is 5.96 Å². The van der Waals surface area contributed by atoms with Gasteiger partial charge in [0.1, 0.15) is 0 Å². The Morgan fingerprint density at radius 1 is 1.38 bits per heavy atom. The fourth-order valence-electron chi connectivity index (χ4n) is 0.768. The molecule has 0 aliphatic rings. The molecule has 0 atom stereocenters. The van der Waals surface area contributed by atoms with Crippen LogP contribution in [-0.2, 0) is 0 Å². The number of benzene rings is 1. The van der Waals surface area contributed by atoms with Crippen molar-refractivity contribution in [2.24, 2.45) is 10.7 Å². The third kappa shape index (κ3) is 2.72. The van der Waals surface area contributed by atoms with E-state index in [2.05, 4.69) is 4.99 Å². The molecule has 0 spiro atoms. The van der Waals surface area contributed by atoms with Gasteiger partial charge in [-0.1, -0.05) is 29.3 Å². The highest BCUT2D eigenvalue weighted by molar-refractivity contribution is 6.38. The number of hydrogen-bond donors (Lipinski definition) is 2. The van der Waals surface area contributed by atoms with Crippen molar-refractivity contribution in [3.8, 4) is 0 Å². The molecule has 0 aliphatic carbocycles. The maximum atomic E-state index is 6.88. The molecule has 0 saturated heterocycles. The quantitative estimate of drug-likeness (QED) is 0.549. The van der Waals surface area contributed by atoms with E-state index in [-0.39, 0.29) is 5.96 Å². The lowest BCUT2D eigenvalue weighted by atomic mass is 10.2. The molecule has 0 saturated carbocycles. The van der Waals surface area contributed by atoms with Crippen LogP contribution in [0.15, 0.2) is 23.2 Å². The van der Waals surface area contributed by atoms with Crippen molar-refractivity contribution in [2.45, 2.75) is 0 Å². The highest BCUT2D eigenvalue weighted by atomic mass is 35.5. The second kappa shape index (κ2) is 4.25. The lowest BCUT2D eigenvalue weighted by Crippen LogP contribution is -2.05. The Morgan fingerprint density at radius 3 is 2.38 bits per heavy atom. The molecule has 0 bridgehead atoms. The summed E-state index contributed by atoms with van der Waals surface area (Å²) in [6.45, 7) is 0. The monoisotopic (exact) mass is 215 g/mol. The predicted octanol–water partition coefficient (Wildman–Crippen LogP) is 2.31. The number of rotatable bonds is 1. The zero-order chi connectivity index (χ0) is 9.84. The first-order chi connectivity index (χ1) is 6.11. The summed E-state index contributed by atoms with van der Waals surface area (Å²) in [5.41, 5.74) is 5.61. The van der Waals surface area contributed by atoms with Gasteiger partial charge in [0.05, 0.1) is 10.0 Å². The van der Waals surface area contributed by atoms with Gasteiger partial charge in [-0.05, 0) is 12.1 Å². The second-order valence-corrected chi connectivity index (χ2v) is 3.09. The van der Waals surface area contributed by atoms with E-state index in [0.29, 0.717) is 15.6 Å². The predicted molar refractivity (Wildman–Crippen MR) is 56.0 cm³/mol. The molecule has 0 unspecified atom stereocenters. The van der Waals surface area contributed by atoms with Gasteiger partial charge in [0.25, 0.3) is 0 Å². The highest BCUT2D eigenvalue weighted by Crippen LogP contribution is 2.21. The molecule has 1 rings (SSSR count). The molecule has 3 nitrogen and oxygen atoms in total. The molecule has 1 aromatic carbocycles. The minimum Gasteiger partial charge on any atom is -0.368 e. The van der Waals surface area contributed by atoms with Crippen molar-refractivity contribution in [2.75, 3.05) is 0 Å². The summed E-state index contributed by atoms with van der Waals surface area (Å²) < 4.78 is 0. The van der Waals surface area contributed by atoms with Gasteiger partial charge in [-0.25, -0.2) is 4.99 Å². The van der Waals surface area contributed by atoms with E-state index in [1.807, 2.05) is 0 Å². The van der Waals surface area contributed by atoms with Crippen molar-refractivity contribution >= 4 is 35.4 Å². The van der Waals surface area contributed by atoms with Crippen LogP contribution >= 0.6 is 23.2 Å². The Bertz CT molecular complexity index is 340. The van der Waals surface area contributed by atoms with E-state index < -0.39 is 0 Å². The average Bonchev–Trinajstić information content (AvgIpc) is 2.03. The Balaban J connectivity index is 3.06. The van der Waals surface area contributed by atoms with E-state index in [1.165, 1.54) is 6.21 Å². The molecule has 0 radical (unpaired) electrons. The lowest BCUT2D eigenvalue weighted by Gasteiger charge is -1.99. The number of hydrogen-bond acceptors (Lipinski definition) is 1. The van der Waals surface area contributed by atoms with Gasteiger partial charge in [0, 0.05) is 11.8 Å². The van der Waals surface area contributed by atoms with Crippen LogP contribution in [-0.4, -0.2) is 12.2 Å². The molecular formula is C8H7Cl2N3. The van der Waals surface area contributed by atoms with Crippen molar-refractivity contribution in [3.05, 3.63) is 33.8 Å². The Morgan fingerprint density at radius 2 is 1.92 bits per heavy atom. The number of nitrogens with two attached hydrogens (primary N) is 1. The van der Waals surface area contributed by atoms with Gasteiger partial charge in [-0.15, -0.1) is 0 Å². The van der Waals surface area contributed by atoms with Crippen LogP contribution < -0.4 is 5.73 Å². The summed E-state index contributed by atoms with van der Waals surface area (Å²) in [4.78, 5) is 3.58. The van der Waals surface area contributed by atoms with Gasteiger partial charge < -0.3 is 5.73 Å². The number of nitrogens with one attached hydrogen (secondary N) is 1. The summed E-state index contributed by atoms with van der Waals surface area (Å²) in [5.74, 6) is -0.281. The molecule has 0 aliphatic heterocycles. The van der Waals surface area contributed by atoms with E-state index in [9.17, 15) is 0 Å². The standard InChI is InChI=1S/C8H7Cl2N3/c9-6-2-1-3-7(10)5(6)4-13-8(11)12/h1-4H,(H3,11,12). The third-order valence-electron chi connectivity index (χ3n) is 1.33. The smallest absolute Gasteiger partial charge is 0.212 e. The van der Waals surface area contributed by atoms with Gasteiger partial charge in [-0.3, -0.25) is 5.41 Å². The Labute approximate surface area is 85.7 Å². The van der Waals surface area contributed by atoms with Crippen LogP contribution in [0.25, 0.3) is 0 Å². The number of aliphatic imine (C=N–C) groups is 1. The largest absolute Gasteiger partial charge is 0.368 e. The lowest BCUT2D eigenvalue weighted by molar-refractivity contribution is 1.38. The molecule has 0 aromatic heterocycles. The first kappa shape index (κ1) is 10.0. The number of halogens is 2. The first-order valence-corrected chi connectivity index (χ1v) is 4.19. The molecule has 0 heterocycles. The fourth-order valence-corrected chi connectivity index (χ4v) is 1.26. The van der Waals surface area contributed by atoms with E-state index >= 15 is 0 Å². The average molecular weight is 216 g/mol. The second-order valence-electron chi connectivity index (χ2n) is 2.28. The van der Waals surface area contributed by atoms with Crippen molar-refractivity contribution in [1.82, 2.24) is 0 Å². The molecule has 3 N–H and O–H groups in total. The van der Waals surface area contributed by atoms with Gasteiger partial charge in [-0.2, -0.15) is 0 Å². The summed E-state index contributed by atoms with van der Waals surface area (Å²) in [6, 6.07) is 5.11. The Kier molecular flexibility index (Phi) is 3.28. The number of nitrogens with zero attached hydrogens (tertiary/aromatic N) is 1. The van der Waals surface area contributed by atoms with Crippen LogP contribution in [0.1, 0.15) is 5.56 Å². The summed E-state index contributed by atoms with van der Waals surface area (Å²) in [7, 11) is 0. The molecule has 5 heteroatoms. The molecule has 13 heavy (non-hydrogen) atoms. The number of guanidine groups is 1. The normalized spacial score (nSPS) is 10.6. The van der Waals surface area contributed by atoms with Crippen LogP contribution in [0.3, 0.4) is 0 Å². The maximum absolute atomic E-state index is 6.88. The van der Waals surface area contributed by atoms with Crippen LogP contribution in [0.2, 0.25) is 10.0 Å². The minimum atomic E-state index is -0.281. The van der Waals surface area contributed by atoms with Gasteiger partial charge in [0.15, 0.2) is 0 Å². The molecule has 68 valence electrons. The van der Waals surface area contributed by atoms with Crippen LogP contribution in [0.4, 0.5) is 0 Å². The zero-order valence-electron chi connectivity index (χ0n) is 6.59. The van der Waals surface area contributed by atoms with E-state index in [0.717, 1.165) is 0 Å². The SMILES string of the molecule is N=C(N)N=Cc1c(Cl)cccc1Cl. The summed E-state index contributed by atoms with van der Waals surface area (Å²) in [6.07, 6.45) is 1.37. The fraction of sp³-hybridized carbons (Fsp3) is 0. The zero-order valence-corrected chi connectivity index (χ0v) is 8.10. The molecule has 0 fully saturated rings. The summed E-state index contributed by atoms with van der Waals surface area (Å²) >= 11 is 11.7. The van der Waals surface area contributed by atoms with E-state index in [4.69, 9.17) is 34.3 Å². The molecule has 1 aromatic rings. The first-order valence-electron chi connectivity index (χ1n) is 3.43. The highest BCUT2D eigenvalue weighted by Gasteiger charge is 2.01. The summed E-state index contributed by atoms with van der Waals surface area (Å²) in [5, 5.41) is 7.85. The van der Waals surface area contributed by atoms with Crippen molar-refractivity contribution < 1.29 is 0 Å². The molecular weight excluding hydrogens is 209 g/mol. The Hall–Kier alpha value is -1.06. The maximum Gasteiger partial charge on any atom is 0.212 e. The molecule has 0 amide bonds.